The number of amides is 3. The molecule has 182 valence electrons. The number of nitrogens with zero attached hydrogens (tertiary/aromatic N) is 2. The van der Waals surface area contributed by atoms with Crippen LogP contribution in [0.2, 0.25) is 0 Å². The highest BCUT2D eigenvalue weighted by Crippen LogP contribution is 2.61. The van der Waals surface area contributed by atoms with Crippen molar-refractivity contribution in [1.82, 2.24) is 4.90 Å². The molecular formula is C27H34N2O5. The monoisotopic (exact) mass is 466 g/mol. The molecule has 5 fully saturated rings. The van der Waals surface area contributed by atoms with Gasteiger partial charge >= 0.3 is 5.97 Å². The van der Waals surface area contributed by atoms with Gasteiger partial charge in [0.2, 0.25) is 11.8 Å². The zero-order valence-corrected chi connectivity index (χ0v) is 20.3. The van der Waals surface area contributed by atoms with Gasteiger partial charge in [0.25, 0.3) is 5.91 Å². The third-order valence-corrected chi connectivity index (χ3v) is 8.80. The van der Waals surface area contributed by atoms with E-state index in [2.05, 4.69) is 0 Å². The van der Waals surface area contributed by atoms with Gasteiger partial charge in [-0.3, -0.25) is 14.4 Å². The van der Waals surface area contributed by atoms with Crippen LogP contribution >= 0.6 is 0 Å². The standard InChI is InChI=1S/C27H34N2O5/c1-4-16(2)28(26(33)27-13-17-9-18(14-27)11-19(10-17)15-27)22-12-23(30)29(24(22)31)21-7-5-20(6-8-21)25(32)34-3/h5-8,16-19,22H,4,9-15H2,1-3H3. The molecule has 0 spiro atoms. The topological polar surface area (TPSA) is 84.0 Å². The van der Waals surface area contributed by atoms with Gasteiger partial charge in [-0.15, -0.1) is 0 Å². The SMILES string of the molecule is CCC(C)N(C(=O)C12CC3CC(CC(C3)C1)C2)C1CC(=O)N(c2ccc(C(=O)OC)cc2)C1=O. The van der Waals surface area contributed by atoms with Gasteiger partial charge < -0.3 is 9.64 Å². The van der Waals surface area contributed by atoms with E-state index in [0.717, 1.165) is 25.7 Å². The second-order valence-corrected chi connectivity index (χ2v) is 11.0. The Morgan fingerprint density at radius 1 is 1.06 bits per heavy atom. The number of methoxy groups -OCH3 is 1. The summed E-state index contributed by atoms with van der Waals surface area (Å²) >= 11 is 0. The van der Waals surface area contributed by atoms with Crippen LogP contribution < -0.4 is 4.90 Å². The molecule has 6 rings (SSSR count). The van der Waals surface area contributed by atoms with Crippen LogP contribution in [0.3, 0.4) is 0 Å². The number of carbonyl (C=O) groups excluding carboxylic acids is 4. The number of carbonyl (C=O) groups is 4. The molecule has 1 heterocycles. The number of ether oxygens (including phenoxy) is 1. The van der Waals surface area contributed by atoms with Crippen molar-refractivity contribution in [3.8, 4) is 0 Å². The normalized spacial score (nSPS) is 32.7. The first-order chi connectivity index (χ1) is 16.3. The number of esters is 1. The summed E-state index contributed by atoms with van der Waals surface area (Å²) in [6.07, 6.45) is 7.24. The number of anilines is 1. The van der Waals surface area contributed by atoms with Crippen LogP contribution in [0.15, 0.2) is 24.3 Å². The average Bonchev–Trinajstić information content (AvgIpc) is 3.11. The summed E-state index contributed by atoms with van der Waals surface area (Å²) in [6, 6.07) is 5.36. The quantitative estimate of drug-likeness (QED) is 0.468. The summed E-state index contributed by atoms with van der Waals surface area (Å²) < 4.78 is 4.73. The van der Waals surface area contributed by atoms with Crippen LogP contribution in [-0.2, 0) is 19.1 Å². The van der Waals surface area contributed by atoms with E-state index in [1.165, 1.54) is 31.3 Å². The zero-order valence-electron chi connectivity index (χ0n) is 20.3. The molecule has 1 aromatic rings. The molecule has 4 bridgehead atoms. The predicted octanol–water partition coefficient (Wildman–Crippen LogP) is 3.95. The van der Waals surface area contributed by atoms with E-state index in [9.17, 15) is 19.2 Å². The Balaban J connectivity index is 1.42. The van der Waals surface area contributed by atoms with Gasteiger partial charge in [0.05, 0.1) is 30.2 Å². The Morgan fingerprint density at radius 3 is 2.12 bits per heavy atom. The Kier molecular flexibility index (Phi) is 5.77. The van der Waals surface area contributed by atoms with E-state index < -0.39 is 12.0 Å². The number of hydrogen-bond acceptors (Lipinski definition) is 5. The molecule has 4 saturated carbocycles. The molecule has 0 aromatic heterocycles. The maximum Gasteiger partial charge on any atom is 0.337 e. The summed E-state index contributed by atoms with van der Waals surface area (Å²) in [5, 5.41) is 0. The molecule has 3 amide bonds. The van der Waals surface area contributed by atoms with Crippen molar-refractivity contribution in [3.63, 3.8) is 0 Å². The molecule has 1 aromatic carbocycles. The lowest BCUT2D eigenvalue weighted by atomic mass is 9.49. The Hall–Kier alpha value is -2.70. The van der Waals surface area contributed by atoms with E-state index >= 15 is 0 Å². The molecule has 1 saturated heterocycles. The molecule has 5 aliphatic rings. The maximum absolute atomic E-state index is 14.2. The minimum atomic E-state index is -0.775. The highest BCUT2D eigenvalue weighted by Gasteiger charge is 2.58. The fourth-order valence-electron chi connectivity index (χ4n) is 7.46. The number of hydrogen-bond donors (Lipinski definition) is 0. The summed E-state index contributed by atoms with van der Waals surface area (Å²) in [4.78, 5) is 55.6. The van der Waals surface area contributed by atoms with Crippen LogP contribution in [0.5, 0.6) is 0 Å². The van der Waals surface area contributed by atoms with E-state index in [1.54, 1.807) is 29.2 Å². The van der Waals surface area contributed by atoms with Crippen molar-refractivity contribution in [2.45, 2.75) is 77.3 Å². The van der Waals surface area contributed by atoms with Crippen LogP contribution in [0.25, 0.3) is 0 Å². The van der Waals surface area contributed by atoms with E-state index in [4.69, 9.17) is 4.74 Å². The Bertz CT molecular complexity index is 981. The minimum Gasteiger partial charge on any atom is -0.465 e. The molecule has 2 atom stereocenters. The van der Waals surface area contributed by atoms with Crippen LogP contribution in [0.4, 0.5) is 5.69 Å². The van der Waals surface area contributed by atoms with Gasteiger partial charge in [0.1, 0.15) is 6.04 Å². The lowest BCUT2D eigenvalue weighted by Gasteiger charge is -2.57. The van der Waals surface area contributed by atoms with Crippen molar-refractivity contribution in [1.29, 1.82) is 0 Å². The van der Waals surface area contributed by atoms with Gasteiger partial charge in [-0.25, -0.2) is 9.69 Å². The van der Waals surface area contributed by atoms with E-state index in [1.807, 2.05) is 13.8 Å². The van der Waals surface area contributed by atoms with Gasteiger partial charge in [-0.05, 0) is 93.9 Å². The molecule has 2 unspecified atom stereocenters. The van der Waals surface area contributed by atoms with Crippen molar-refractivity contribution in [2.24, 2.45) is 23.2 Å². The maximum atomic E-state index is 14.2. The number of benzene rings is 1. The van der Waals surface area contributed by atoms with Crippen LogP contribution in [-0.4, -0.2) is 47.8 Å². The third-order valence-electron chi connectivity index (χ3n) is 8.80. The molecule has 4 aliphatic carbocycles. The lowest BCUT2D eigenvalue weighted by Crippen LogP contribution is -2.59. The molecule has 7 heteroatoms. The van der Waals surface area contributed by atoms with Gasteiger partial charge in [0, 0.05) is 6.04 Å². The van der Waals surface area contributed by atoms with Crippen molar-refractivity contribution in [3.05, 3.63) is 29.8 Å². The van der Waals surface area contributed by atoms with Gasteiger partial charge in [0.15, 0.2) is 0 Å². The fourth-order valence-corrected chi connectivity index (χ4v) is 7.46. The van der Waals surface area contributed by atoms with Crippen LogP contribution in [0, 0.1) is 23.2 Å². The first kappa shape index (κ1) is 23.1. The largest absolute Gasteiger partial charge is 0.465 e. The van der Waals surface area contributed by atoms with Gasteiger partial charge in [-0.2, -0.15) is 0 Å². The smallest absolute Gasteiger partial charge is 0.337 e. The first-order valence-electron chi connectivity index (χ1n) is 12.6. The molecule has 0 N–H and O–H groups in total. The highest BCUT2D eigenvalue weighted by atomic mass is 16.5. The van der Waals surface area contributed by atoms with Gasteiger partial charge in [-0.1, -0.05) is 6.92 Å². The first-order valence-corrected chi connectivity index (χ1v) is 12.6. The number of imide groups is 1. The molecule has 1 aliphatic heterocycles. The molecular weight excluding hydrogens is 432 g/mol. The summed E-state index contributed by atoms with van der Waals surface area (Å²) in [6.45, 7) is 4.01. The molecule has 7 nitrogen and oxygen atoms in total. The fraction of sp³-hybridized carbons (Fsp3) is 0.630. The van der Waals surface area contributed by atoms with E-state index in [0.29, 0.717) is 29.0 Å². The average molecular weight is 467 g/mol. The molecule has 34 heavy (non-hydrogen) atoms. The predicted molar refractivity (Wildman–Crippen MR) is 126 cm³/mol. The van der Waals surface area contributed by atoms with Crippen molar-refractivity contribution < 1.29 is 23.9 Å². The summed E-state index contributed by atoms with van der Waals surface area (Å²) in [5.41, 5.74) is 0.397. The van der Waals surface area contributed by atoms with E-state index in [-0.39, 0.29) is 35.6 Å². The summed E-state index contributed by atoms with van der Waals surface area (Å²) in [7, 11) is 1.30. The van der Waals surface area contributed by atoms with Crippen LogP contribution in [0.1, 0.15) is 75.6 Å². The second-order valence-electron chi connectivity index (χ2n) is 11.0. The zero-order chi connectivity index (χ0) is 24.2. The lowest BCUT2D eigenvalue weighted by molar-refractivity contribution is -0.164. The third kappa shape index (κ3) is 3.64. The second kappa shape index (κ2) is 8.51. The Labute approximate surface area is 200 Å². The molecule has 0 radical (unpaired) electrons. The summed E-state index contributed by atoms with van der Waals surface area (Å²) in [5.74, 6) is 0.823. The van der Waals surface area contributed by atoms with Crippen molar-refractivity contribution in [2.75, 3.05) is 12.0 Å². The minimum absolute atomic E-state index is 0.0000319. The highest BCUT2D eigenvalue weighted by molar-refractivity contribution is 6.23. The number of rotatable bonds is 6. The Morgan fingerprint density at radius 2 is 1.62 bits per heavy atom. The van der Waals surface area contributed by atoms with Crippen molar-refractivity contribution >= 4 is 29.4 Å².